The topological polar surface area (TPSA) is 108 Å². The number of aliphatic hydroxyl groups is 1. The van der Waals surface area contributed by atoms with Crippen molar-refractivity contribution in [3.63, 3.8) is 0 Å². The molecule has 10 nitrogen and oxygen atoms in total. The van der Waals surface area contributed by atoms with Crippen molar-refractivity contribution in [1.82, 2.24) is 19.9 Å². The summed E-state index contributed by atoms with van der Waals surface area (Å²) in [6.45, 7) is 26.4. The Morgan fingerprint density at radius 3 is 2.43 bits per heavy atom. The number of aliphatic hydroxyl groups excluding tert-OH is 1. The van der Waals surface area contributed by atoms with Gasteiger partial charge in [-0.2, -0.15) is 0 Å². The van der Waals surface area contributed by atoms with Crippen LogP contribution in [0.4, 0.5) is 0 Å². The molecular formula is C31H61N4O6P. The van der Waals surface area contributed by atoms with Gasteiger partial charge in [-0.15, -0.1) is 5.10 Å². The molecule has 3 unspecified atom stereocenters. The van der Waals surface area contributed by atoms with Crippen LogP contribution in [0.1, 0.15) is 101 Å². The van der Waals surface area contributed by atoms with Crippen LogP contribution in [-0.2, 0) is 36.7 Å². The highest BCUT2D eigenvalue weighted by Crippen LogP contribution is 2.34. The molecule has 1 saturated heterocycles. The van der Waals surface area contributed by atoms with E-state index in [2.05, 4.69) is 42.6 Å². The van der Waals surface area contributed by atoms with Gasteiger partial charge in [-0.1, -0.05) is 32.4 Å². The SMILES string of the molecule is CC.CCC1CCN(C(C)(C)CCOP(C)COCc2cn(CCOC(C)(C)COC(C)(C)CC(C)=O)nn2)CC1O. The highest BCUT2D eigenvalue weighted by Gasteiger charge is 2.34. The molecule has 0 spiro atoms. The minimum atomic E-state index is -0.695. The second kappa shape index (κ2) is 18.7. The number of carbonyl (C=O) groups excluding carboxylic acids is 1. The maximum atomic E-state index is 11.4. The molecule has 42 heavy (non-hydrogen) atoms. The average molecular weight is 617 g/mol. The second-order valence-corrected chi connectivity index (χ2v) is 14.8. The summed E-state index contributed by atoms with van der Waals surface area (Å²) >= 11 is 0. The molecule has 246 valence electrons. The van der Waals surface area contributed by atoms with Crippen molar-refractivity contribution in [2.24, 2.45) is 5.92 Å². The summed E-state index contributed by atoms with van der Waals surface area (Å²) in [6, 6.07) is 0. The molecule has 11 heteroatoms. The van der Waals surface area contributed by atoms with Crippen LogP contribution in [0.15, 0.2) is 6.20 Å². The number of piperidine rings is 1. The number of Topliss-reactive ketones (excluding diaryl/α,β-unsaturated/α-hetero) is 1. The molecule has 0 aromatic carbocycles. The number of carbonyl (C=O) groups is 1. The van der Waals surface area contributed by atoms with E-state index in [9.17, 15) is 9.90 Å². The first kappa shape index (κ1) is 39.0. The van der Waals surface area contributed by atoms with Crippen LogP contribution in [0, 0.1) is 5.92 Å². The van der Waals surface area contributed by atoms with Gasteiger partial charge in [0.25, 0.3) is 0 Å². The summed E-state index contributed by atoms with van der Waals surface area (Å²) < 4.78 is 25.6. The molecule has 1 aromatic heterocycles. The van der Waals surface area contributed by atoms with Gasteiger partial charge in [-0.25, -0.2) is 4.68 Å². The molecule has 1 N–H and O–H groups in total. The lowest BCUT2D eigenvalue weighted by Gasteiger charge is -2.45. The van der Waals surface area contributed by atoms with Crippen molar-refractivity contribution in [3.05, 3.63) is 11.9 Å². The first-order chi connectivity index (χ1) is 19.6. The summed E-state index contributed by atoms with van der Waals surface area (Å²) in [5.74, 6) is 0.534. The molecule has 0 aliphatic carbocycles. The molecule has 1 aliphatic heterocycles. The van der Waals surface area contributed by atoms with Crippen LogP contribution in [0.5, 0.6) is 0 Å². The minimum absolute atomic E-state index is 0.00669. The molecule has 2 rings (SSSR count). The lowest BCUT2D eigenvalue weighted by atomic mass is 9.87. The van der Waals surface area contributed by atoms with Crippen molar-refractivity contribution in [2.45, 2.75) is 131 Å². The number of hydrogen-bond donors (Lipinski definition) is 1. The molecule has 0 radical (unpaired) electrons. The first-order valence-corrected chi connectivity index (χ1v) is 17.5. The zero-order chi connectivity index (χ0) is 32.0. The van der Waals surface area contributed by atoms with E-state index in [0.717, 1.165) is 38.0 Å². The Labute approximate surface area is 257 Å². The summed E-state index contributed by atoms with van der Waals surface area (Å²) in [5, 5.41) is 18.8. The number of ether oxygens (including phenoxy) is 3. The van der Waals surface area contributed by atoms with Gasteiger partial charge in [-0.3, -0.25) is 9.69 Å². The number of likely N-dealkylation sites (tertiary alicyclic amines) is 1. The summed E-state index contributed by atoms with van der Waals surface area (Å²) in [6.07, 6.45) is 5.58. The monoisotopic (exact) mass is 616 g/mol. The lowest BCUT2D eigenvalue weighted by Crippen LogP contribution is -2.53. The van der Waals surface area contributed by atoms with Gasteiger partial charge in [0.15, 0.2) is 0 Å². The smallest absolute Gasteiger partial charge is 0.132 e. The first-order valence-electron chi connectivity index (χ1n) is 15.6. The number of β-amino-alcohol motifs (C(OH)–C–C–N with tert-alkyl or cyclic N) is 1. The fourth-order valence-corrected chi connectivity index (χ4v) is 5.75. The number of rotatable bonds is 19. The van der Waals surface area contributed by atoms with Crippen LogP contribution in [0.2, 0.25) is 0 Å². The predicted octanol–water partition coefficient (Wildman–Crippen LogP) is 5.65. The van der Waals surface area contributed by atoms with Gasteiger partial charge in [0.2, 0.25) is 0 Å². The fourth-order valence-electron chi connectivity index (χ4n) is 4.92. The van der Waals surface area contributed by atoms with Crippen molar-refractivity contribution in [3.8, 4) is 0 Å². The van der Waals surface area contributed by atoms with Gasteiger partial charge in [0.1, 0.15) is 11.5 Å². The molecule has 0 saturated carbocycles. The van der Waals surface area contributed by atoms with Gasteiger partial charge in [0, 0.05) is 18.5 Å². The van der Waals surface area contributed by atoms with Gasteiger partial charge >= 0.3 is 0 Å². The Balaban J connectivity index is 0.00000431. The molecule has 2 heterocycles. The van der Waals surface area contributed by atoms with E-state index in [1.165, 1.54) is 0 Å². The largest absolute Gasteiger partial charge is 0.392 e. The molecule has 1 fully saturated rings. The maximum absolute atomic E-state index is 11.4. The Morgan fingerprint density at radius 2 is 1.81 bits per heavy atom. The van der Waals surface area contributed by atoms with Crippen molar-refractivity contribution in [2.75, 3.05) is 45.9 Å². The second-order valence-electron chi connectivity index (χ2n) is 13.0. The molecule has 0 bridgehead atoms. The highest BCUT2D eigenvalue weighted by atomic mass is 31.1. The number of aromatic nitrogens is 3. The third-order valence-corrected chi connectivity index (χ3v) is 8.70. The Hall–Kier alpha value is -1.00. The fraction of sp³-hybridized carbons (Fsp3) is 0.903. The van der Waals surface area contributed by atoms with Crippen LogP contribution in [0.25, 0.3) is 0 Å². The van der Waals surface area contributed by atoms with E-state index in [0.29, 0.717) is 51.7 Å². The van der Waals surface area contributed by atoms with Crippen molar-refractivity contribution >= 4 is 13.9 Å². The van der Waals surface area contributed by atoms with Crippen LogP contribution in [0.3, 0.4) is 0 Å². The third-order valence-electron chi connectivity index (χ3n) is 7.53. The van der Waals surface area contributed by atoms with E-state index in [1.807, 2.05) is 47.7 Å². The van der Waals surface area contributed by atoms with Crippen LogP contribution >= 0.6 is 8.15 Å². The quantitative estimate of drug-likeness (QED) is 0.197. The normalized spacial score (nSPS) is 19.3. The Morgan fingerprint density at radius 1 is 1.12 bits per heavy atom. The van der Waals surface area contributed by atoms with Gasteiger partial charge < -0.3 is 23.8 Å². The number of hydrogen-bond acceptors (Lipinski definition) is 9. The molecule has 1 aliphatic rings. The standard InChI is InChI=1S/C29H55N4O6P.C2H6/c1-10-24-11-13-32(19-26(24)35)27(3,4)12-15-39-40(9)22-36-20-25-18-33(31-30-25)14-16-37-29(7,8)21-38-28(5,6)17-23(2)34;1-2/h18,24,26,35H,10-17,19-22H2,1-9H3;1-2H3. The summed E-state index contributed by atoms with van der Waals surface area (Å²) in [4.78, 5) is 13.8. The van der Waals surface area contributed by atoms with Crippen molar-refractivity contribution < 1.29 is 28.6 Å². The zero-order valence-corrected chi connectivity index (χ0v) is 29.3. The van der Waals surface area contributed by atoms with Gasteiger partial charge in [0.05, 0.1) is 71.0 Å². The van der Waals surface area contributed by atoms with E-state index in [1.54, 1.807) is 11.6 Å². The van der Waals surface area contributed by atoms with Crippen LogP contribution < -0.4 is 0 Å². The summed E-state index contributed by atoms with van der Waals surface area (Å²) in [7, 11) is -0.695. The molecule has 3 atom stereocenters. The van der Waals surface area contributed by atoms with E-state index in [-0.39, 0.29) is 17.4 Å². The van der Waals surface area contributed by atoms with Crippen LogP contribution in [-0.4, -0.2) is 99.6 Å². The molecular weight excluding hydrogens is 555 g/mol. The molecule has 1 aromatic rings. The van der Waals surface area contributed by atoms with E-state index in [4.69, 9.17) is 18.7 Å². The highest BCUT2D eigenvalue weighted by molar-refractivity contribution is 7.51. The molecule has 0 amide bonds. The predicted molar refractivity (Wildman–Crippen MR) is 170 cm³/mol. The minimum Gasteiger partial charge on any atom is -0.392 e. The third kappa shape index (κ3) is 15.1. The van der Waals surface area contributed by atoms with E-state index >= 15 is 0 Å². The summed E-state index contributed by atoms with van der Waals surface area (Å²) in [5.41, 5.74) is -0.231. The Bertz CT molecular complexity index is 895. The maximum Gasteiger partial charge on any atom is 0.132 e. The Kier molecular flexibility index (Phi) is 17.4. The number of nitrogens with zero attached hydrogens (tertiary/aromatic N) is 4. The van der Waals surface area contributed by atoms with Gasteiger partial charge in [-0.05, 0) is 80.4 Å². The van der Waals surface area contributed by atoms with E-state index < -0.39 is 19.4 Å². The zero-order valence-electron chi connectivity index (χ0n) is 28.4. The number of ketones is 1. The average Bonchev–Trinajstić information content (AvgIpc) is 3.35. The van der Waals surface area contributed by atoms with Crippen molar-refractivity contribution in [1.29, 1.82) is 0 Å². The lowest BCUT2D eigenvalue weighted by molar-refractivity contribution is -0.137.